The topological polar surface area (TPSA) is 17.1 Å². The van der Waals surface area contributed by atoms with E-state index in [2.05, 4.69) is 45.0 Å². The van der Waals surface area contributed by atoms with Crippen molar-refractivity contribution in [3.63, 3.8) is 0 Å². The maximum atomic E-state index is 12.3. The Hall–Kier alpha value is -1.54. The monoisotopic (exact) mass is 326 g/mol. The van der Waals surface area contributed by atoms with Gasteiger partial charge in [0.2, 0.25) is 0 Å². The lowest BCUT2D eigenvalue weighted by atomic mass is 9.87. The lowest BCUT2D eigenvalue weighted by Crippen LogP contribution is -2.13. The summed E-state index contributed by atoms with van der Waals surface area (Å²) in [5.74, 6) is 2.10. The largest absolute Gasteiger partial charge is 0.294 e. The summed E-state index contributed by atoms with van der Waals surface area (Å²) >= 11 is 1.83. The summed E-state index contributed by atoms with van der Waals surface area (Å²) in [5, 5.41) is 0. The Morgan fingerprint density at radius 3 is 2.17 bits per heavy atom. The van der Waals surface area contributed by atoms with E-state index < -0.39 is 0 Å². The van der Waals surface area contributed by atoms with E-state index in [1.165, 1.54) is 11.1 Å². The van der Waals surface area contributed by atoms with Crippen LogP contribution in [0.3, 0.4) is 0 Å². The minimum atomic E-state index is 0.0521. The van der Waals surface area contributed by atoms with Gasteiger partial charge < -0.3 is 0 Å². The highest BCUT2D eigenvalue weighted by atomic mass is 32.2. The molecule has 0 radical (unpaired) electrons. The molecule has 0 bridgehead atoms. The molecule has 2 rings (SSSR count). The highest BCUT2D eigenvalue weighted by Gasteiger charge is 2.15. The summed E-state index contributed by atoms with van der Waals surface area (Å²) in [7, 11) is 0. The Bertz CT molecular complexity index is 623. The average molecular weight is 327 g/mol. The van der Waals surface area contributed by atoms with Crippen molar-refractivity contribution in [1.29, 1.82) is 0 Å². The third-order valence-electron chi connectivity index (χ3n) is 3.96. The van der Waals surface area contributed by atoms with Gasteiger partial charge in [-0.3, -0.25) is 4.79 Å². The van der Waals surface area contributed by atoms with E-state index in [1.807, 2.05) is 49.0 Å². The zero-order valence-corrected chi connectivity index (χ0v) is 15.3. The van der Waals surface area contributed by atoms with Crippen molar-refractivity contribution >= 4 is 17.5 Å². The maximum Gasteiger partial charge on any atom is 0.166 e. The fraction of sp³-hybridized carbons (Fsp3) is 0.381. The van der Waals surface area contributed by atoms with Crippen LogP contribution in [0.4, 0.5) is 0 Å². The van der Waals surface area contributed by atoms with E-state index >= 15 is 0 Å². The van der Waals surface area contributed by atoms with E-state index in [0.717, 1.165) is 17.1 Å². The molecule has 0 aliphatic rings. The fourth-order valence-corrected chi connectivity index (χ4v) is 3.47. The molecule has 1 atom stereocenters. The standard InChI is InChI=1S/C21H26OS/c1-16(20(22)18-8-6-5-7-9-18)14-23-15-17-10-12-19(13-11-17)21(2,3)4/h5-13,16H,14-15H2,1-4H3/t16-/m0/s1. The quantitative estimate of drug-likeness (QED) is 0.630. The van der Waals surface area contributed by atoms with Crippen molar-refractivity contribution in [2.24, 2.45) is 5.92 Å². The van der Waals surface area contributed by atoms with Gasteiger partial charge in [0, 0.05) is 23.0 Å². The van der Waals surface area contributed by atoms with Crippen LogP contribution >= 0.6 is 11.8 Å². The van der Waals surface area contributed by atoms with Gasteiger partial charge >= 0.3 is 0 Å². The molecule has 2 aromatic carbocycles. The van der Waals surface area contributed by atoms with Gasteiger partial charge in [-0.1, -0.05) is 82.3 Å². The molecule has 0 aliphatic carbocycles. The molecule has 0 aliphatic heterocycles. The van der Waals surface area contributed by atoms with Crippen LogP contribution in [0, 0.1) is 5.92 Å². The van der Waals surface area contributed by atoms with Crippen LogP contribution in [0.1, 0.15) is 49.2 Å². The normalized spacial score (nSPS) is 12.9. The molecule has 0 saturated carbocycles. The molecule has 2 heteroatoms. The average Bonchev–Trinajstić information content (AvgIpc) is 2.54. The van der Waals surface area contributed by atoms with Gasteiger partial charge in [-0.2, -0.15) is 11.8 Å². The zero-order chi connectivity index (χ0) is 16.9. The minimum absolute atomic E-state index is 0.0521. The van der Waals surface area contributed by atoms with Crippen LogP contribution in [0.5, 0.6) is 0 Å². The van der Waals surface area contributed by atoms with Gasteiger partial charge in [0.25, 0.3) is 0 Å². The summed E-state index contributed by atoms with van der Waals surface area (Å²) in [4.78, 5) is 12.3. The number of hydrogen-bond acceptors (Lipinski definition) is 2. The first kappa shape index (κ1) is 17.8. The SMILES string of the molecule is C[C@@H](CSCc1ccc(C(C)(C)C)cc1)C(=O)c1ccccc1. The van der Waals surface area contributed by atoms with Gasteiger partial charge in [-0.15, -0.1) is 0 Å². The van der Waals surface area contributed by atoms with E-state index in [-0.39, 0.29) is 17.1 Å². The third kappa shape index (κ3) is 5.24. The van der Waals surface area contributed by atoms with E-state index in [9.17, 15) is 4.79 Å². The van der Waals surface area contributed by atoms with E-state index in [1.54, 1.807) is 0 Å². The number of ketones is 1. The lowest BCUT2D eigenvalue weighted by Gasteiger charge is -2.19. The molecule has 0 fully saturated rings. The molecule has 0 unspecified atom stereocenters. The van der Waals surface area contributed by atoms with Crippen molar-refractivity contribution < 1.29 is 4.79 Å². The first-order valence-electron chi connectivity index (χ1n) is 8.14. The zero-order valence-electron chi connectivity index (χ0n) is 14.5. The minimum Gasteiger partial charge on any atom is -0.294 e. The summed E-state index contributed by atoms with van der Waals surface area (Å²) in [6.45, 7) is 8.71. The van der Waals surface area contributed by atoms with Gasteiger partial charge in [0.1, 0.15) is 0 Å². The molecule has 122 valence electrons. The summed E-state index contributed by atoms with van der Waals surface area (Å²) < 4.78 is 0. The van der Waals surface area contributed by atoms with E-state index in [4.69, 9.17) is 0 Å². The second-order valence-electron chi connectivity index (χ2n) is 7.09. The first-order valence-corrected chi connectivity index (χ1v) is 9.30. The third-order valence-corrected chi connectivity index (χ3v) is 5.24. The van der Waals surface area contributed by atoms with Crippen LogP contribution in [0.15, 0.2) is 54.6 Å². The van der Waals surface area contributed by atoms with Crippen molar-refractivity contribution in [2.45, 2.75) is 38.9 Å². The fourth-order valence-electron chi connectivity index (χ4n) is 2.42. The van der Waals surface area contributed by atoms with Gasteiger partial charge in [-0.25, -0.2) is 0 Å². The molecular weight excluding hydrogens is 300 g/mol. The molecule has 2 aromatic rings. The summed E-state index contributed by atoms with van der Waals surface area (Å²) in [6.07, 6.45) is 0. The highest BCUT2D eigenvalue weighted by molar-refractivity contribution is 7.98. The van der Waals surface area contributed by atoms with Crippen molar-refractivity contribution in [1.82, 2.24) is 0 Å². The number of Topliss-reactive ketones (excluding diaryl/α,β-unsaturated/α-hetero) is 1. The molecule has 1 nitrogen and oxygen atoms in total. The summed E-state index contributed by atoms with van der Waals surface area (Å²) in [5.41, 5.74) is 3.69. The van der Waals surface area contributed by atoms with Crippen LogP contribution in [-0.2, 0) is 11.2 Å². The Labute approximate surface area is 144 Å². The van der Waals surface area contributed by atoms with Crippen molar-refractivity contribution in [3.8, 4) is 0 Å². The van der Waals surface area contributed by atoms with Gasteiger partial charge in [0.05, 0.1) is 0 Å². The first-order chi connectivity index (χ1) is 10.9. The Morgan fingerprint density at radius 2 is 1.61 bits per heavy atom. The summed E-state index contributed by atoms with van der Waals surface area (Å²) in [6, 6.07) is 18.4. The van der Waals surface area contributed by atoms with Crippen LogP contribution in [0.25, 0.3) is 0 Å². The predicted octanol–water partition coefficient (Wildman–Crippen LogP) is 5.74. The highest BCUT2D eigenvalue weighted by Crippen LogP contribution is 2.24. The number of benzene rings is 2. The Kier molecular flexibility index (Phi) is 6.06. The lowest BCUT2D eigenvalue weighted by molar-refractivity contribution is 0.0942. The van der Waals surface area contributed by atoms with Crippen LogP contribution < -0.4 is 0 Å². The van der Waals surface area contributed by atoms with Crippen molar-refractivity contribution in [2.75, 3.05) is 5.75 Å². The van der Waals surface area contributed by atoms with Crippen LogP contribution in [-0.4, -0.2) is 11.5 Å². The van der Waals surface area contributed by atoms with E-state index in [0.29, 0.717) is 0 Å². The molecule has 0 spiro atoms. The maximum absolute atomic E-state index is 12.3. The smallest absolute Gasteiger partial charge is 0.166 e. The Morgan fingerprint density at radius 1 is 1.00 bits per heavy atom. The molecule has 0 aromatic heterocycles. The molecule has 0 heterocycles. The predicted molar refractivity (Wildman–Crippen MR) is 101 cm³/mol. The number of thioether (sulfide) groups is 1. The number of carbonyl (C=O) groups is 1. The molecule has 0 N–H and O–H groups in total. The van der Waals surface area contributed by atoms with Crippen molar-refractivity contribution in [3.05, 3.63) is 71.3 Å². The Balaban J connectivity index is 1.84. The molecular formula is C21H26OS. The number of carbonyl (C=O) groups excluding carboxylic acids is 1. The number of rotatable bonds is 6. The molecule has 0 saturated heterocycles. The van der Waals surface area contributed by atoms with Gasteiger partial charge in [-0.05, 0) is 16.5 Å². The second-order valence-corrected chi connectivity index (χ2v) is 8.12. The molecule has 23 heavy (non-hydrogen) atoms. The van der Waals surface area contributed by atoms with Gasteiger partial charge in [0.15, 0.2) is 5.78 Å². The molecule has 0 amide bonds. The second kappa shape index (κ2) is 7.83. The number of hydrogen-bond donors (Lipinski definition) is 0. The van der Waals surface area contributed by atoms with Crippen LogP contribution in [0.2, 0.25) is 0 Å².